The van der Waals surface area contributed by atoms with Crippen LogP contribution >= 0.6 is 0 Å². The molecule has 3 rings (SSSR count). The van der Waals surface area contributed by atoms with Gasteiger partial charge in [-0.05, 0) is 84.8 Å². The number of carbonyl (C=O) groups is 1. The van der Waals surface area contributed by atoms with Crippen LogP contribution in [0.2, 0.25) is 0 Å². The molecule has 35 heavy (non-hydrogen) atoms. The summed E-state index contributed by atoms with van der Waals surface area (Å²) in [5.41, 5.74) is 2.63. The van der Waals surface area contributed by atoms with Gasteiger partial charge >= 0.3 is 12.1 Å². The van der Waals surface area contributed by atoms with Gasteiger partial charge in [0.2, 0.25) is 0 Å². The zero-order valence-electron chi connectivity index (χ0n) is 20.3. The molecule has 0 heterocycles. The van der Waals surface area contributed by atoms with Crippen molar-refractivity contribution in [2.24, 2.45) is 0 Å². The summed E-state index contributed by atoms with van der Waals surface area (Å²) in [6.45, 7) is 5.90. The lowest BCUT2D eigenvalue weighted by molar-refractivity contribution is -0.137. The SMILES string of the molecule is CCCCC(Oc1ccc(OC(=O)CCC)c(C)c1)c1cccc(-c2ccc(C(F)(F)F)cc2)c1. The van der Waals surface area contributed by atoms with Gasteiger partial charge in [-0.1, -0.05) is 50.6 Å². The molecule has 1 unspecified atom stereocenters. The van der Waals surface area contributed by atoms with E-state index in [0.717, 1.165) is 54.5 Å². The van der Waals surface area contributed by atoms with Crippen molar-refractivity contribution in [3.05, 3.63) is 83.4 Å². The Labute approximate surface area is 204 Å². The number of halogens is 3. The Morgan fingerprint density at radius 3 is 2.29 bits per heavy atom. The summed E-state index contributed by atoms with van der Waals surface area (Å²) in [6.07, 6.45) is -0.738. The van der Waals surface area contributed by atoms with Gasteiger partial charge in [0.1, 0.15) is 17.6 Å². The second-order valence-corrected chi connectivity index (χ2v) is 8.60. The number of unbranched alkanes of at least 4 members (excludes halogenated alkanes) is 1. The van der Waals surface area contributed by atoms with Crippen LogP contribution in [0.4, 0.5) is 13.2 Å². The van der Waals surface area contributed by atoms with Gasteiger partial charge < -0.3 is 9.47 Å². The van der Waals surface area contributed by atoms with E-state index >= 15 is 0 Å². The highest BCUT2D eigenvalue weighted by Crippen LogP contribution is 2.34. The van der Waals surface area contributed by atoms with Gasteiger partial charge in [0.05, 0.1) is 5.56 Å². The molecule has 0 N–H and O–H groups in total. The van der Waals surface area contributed by atoms with Gasteiger partial charge in [0.25, 0.3) is 0 Å². The second kappa shape index (κ2) is 11.9. The average molecular weight is 485 g/mol. The van der Waals surface area contributed by atoms with Gasteiger partial charge in [-0.3, -0.25) is 4.79 Å². The predicted octanol–water partition coefficient (Wildman–Crippen LogP) is 8.70. The first kappa shape index (κ1) is 26.3. The van der Waals surface area contributed by atoms with Gasteiger partial charge in [0, 0.05) is 6.42 Å². The summed E-state index contributed by atoms with van der Waals surface area (Å²) in [5.74, 6) is 0.925. The third-order valence-corrected chi connectivity index (χ3v) is 5.73. The maximum Gasteiger partial charge on any atom is 0.416 e. The van der Waals surface area contributed by atoms with Crippen molar-refractivity contribution in [2.45, 2.75) is 65.2 Å². The third-order valence-electron chi connectivity index (χ3n) is 5.73. The molecular weight excluding hydrogens is 453 g/mol. The van der Waals surface area contributed by atoms with E-state index in [9.17, 15) is 18.0 Å². The van der Waals surface area contributed by atoms with E-state index in [2.05, 4.69) is 6.92 Å². The van der Waals surface area contributed by atoms with Crippen LogP contribution in [-0.2, 0) is 11.0 Å². The maximum absolute atomic E-state index is 12.9. The Kier molecular flexibility index (Phi) is 8.96. The maximum atomic E-state index is 12.9. The van der Waals surface area contributed by atoms with Crippen molar-refractivity contribution < 1.29 is 27.4 Å². The van der Waals surface area contributed by atoms with Gasteiger partial charge in [-0.25, -0.2) is 0 Å². The smallest absolute Gasteiger partial charge is 0.416 e. The molecule has 0 aliphatic carbocycles. The minimum absolute atomic E-state index is 0.225. The molecule has 3 nitrogen and oxygen atoms in total. The van der Waals surface area contributed by atoms with Gasteiger partial charge in [-0.2, -0.15) is 13.2 Å². The highest BCUT2D eigenvalue weighted by atomic mass is 19.4. The van der Waals surface area contributed by atoms with Crippen LogP contribution in [0.15, 0.2) is 66.7 Å². The topological polar surface area (TPSA) is 35.5 Å². The predicted molar refractivity (Wildman–Crippen MR) is 131 cm³/mol. The summed E-state index contributed by atoms with van der Waals surface area (Å²) >= 11 is 0. The minimum Gasteiger partial charge on any atom is -0.486 e. The third kappa shape index (κ3) is 7.35. The lowest BCUT2D eigenvalue weighted by atomic mass is 9.97. The number of hydrogen-bond donors (Lipinski definition) is 0. The molecule has 0 spiro atoms. The standard InChI is InChI=1S/C29H31F3O3/c1-4-6-11-27(34-25-16-17-26(20(3)18-25)35-28(33)8-5-2)23-10-7-9-22(19-23)21-12-14-24(15-13-21)29(30,31)32/h7,9-10,12-19,27H,4-6,8,11H2,1-3H3. The molecule has 0 aliphatic rings. The molecule has 0 saturated carbocycles. The summed E-state index contributed by atoms with van der Waals surface area (Å²) in [5, 5.41) is 0. The minimum atomic E-state index is -4.36. The molecule has 0 amide bonds. The summed E-state index contributed by atoms with van der Waals surface area (Å²) in [4.78, 5) is 11.8. The quantitative estimate of drug-likeness (QED) is 0.213. The first-order valence-electron chi connectivity index (χ1n) is 12.0. The van der Waals surface area contributed by atoms with E-state index in [-0.39, 0.29) is 12.1 Å². The fourth-order valence-electron chi connectivity index (χ4n) is 3.81. The zero-order chi connectivity index (χ0) is 25.4. The molecule has 0 aromatic heterocycles. The van der Waals surface area contributed by atoms with Crippen LogP contribution in [0.25, 0.3) is 11.1 Å². The lowest BCUT2D eigenvalue weighted by Crippen LogP contribution is -2.10. The Balaban J connectivity index is 1.82. The van der Waals surface area contributed by atoms with E-state index in [4.69, 9.17) is 9.47 Å². The number of hydrogen-bond acceptors (Lipinski definition) is 3. The monoisotopic (exact) mass is 484 g/mol. The Morgan fingerprint density at radius 2 is 1.66 bits per heavy atom. The Morgan fingerprint density at radius 1 is 0.914 bits per heavy atom. The largest absolute Gasteiger partial charge is 0.486 e. The van der Waals surface area contributed by atoms with Crippen LogP contribution in [0, 0.1) is 6.92 Å². The van der Waals surface area contributed by atoms with Crippen molar-refractivity contribution >= 4 is 5.97 Å². The second-order valence-electron chi connectivity index (χ2n) is 8.60. The van der Waals surface area contributed by atoms with Crippen molar-refractivity contribution in [1.82, 2.24) is 0 Å². The highest BCUT2D eigenvalue weighted by Gasteiger charge is 2.30. The fourth-order valence-corrected chi connectivity index (χ4v) is 3.81. The van der Waals surface area contributed by atoms with E-state index < -0.39 is 11.7 Å². The number of benzene rings is 3. The number of ether oxygens (including phenoxy) is 2. The number of carbonyl (C=O) groups excluding carboxylic acids is 1. The lowest BCUT2D eigenvalue weighted by Gasteiger charge is -2.21. The molecule has 3 aromatic rings. The number of alkyl halides is 3. The van der Waals surface area contributed by atoms with E-state index in [1.807, 2.05) is 44.2 Å². The first-order valence-corrected chi connectivity index (χ1v) is 12.0. The summed E-state index contributed by atoms with van der Waals surface area (Å²) in [6, 6.07) is 18.3. The molecule has 186 valence electrons. The van der Waals surface area contributed by atoms with E-state index in [0.29, 0.717) is 23.5 Å². The van der Waals surface area contributed by atoms with Crippen molar-refractivity contribution in [2.75, 3.05) is 0 Å². The summed E-state index contributed by atoms with van der Waals surface area (Å²) < 4.78 is 50.6. The number of aryl methyl sites for hydroxylation is 1. The van der Waals surface area contributed by atoms with Crippen molar-refractivity contribution in [3.63, 3.8) is 0 Å². The fraction of sp³-hybridized carbons (Fsp3) is 0.345. The van der Waals surface area contributed by atoms with E-state index in [1.54, 1.807) is 12.1 Å². The van der Waals surface area contributed by atoms with Crippen molar-refractivity contribution in [1.29, 1.82) is 0 Å². The normalized spacial score (nSPS) is 12.3. The van der Waals surface area contributed by atoms with E-state index in [1.165, 1.54) is 12.1 Å². The van der Waals surface area contributed by atoms with Gasteiger partial charge in [0.15, 0.2) is 0 Å². The van der Waals surface area contributed by atoms with Crippen LogP contribution in [0.1, 0.15) is 68.7 Å². The van der Waals surface area contributed by atoms with Crippen molar-refractivity contribution in [3.8, 4) is 22.6 Å². The van der Waals surface area contributed by atoms with Crippen LogP contribution in [0.3, 0.4) is 0 Å². The average Bonchev–Trinajstić information content (AvgIpc) is 2.83. The number of esters is 1. The van der Waals surface area contributed by atoms with Gasteiger partial charge in [-0.15, -0.1) is 0 Å². The van der Waals surface area contributed by atoms with Crippen LogP contribution < -0.4 is 9.47 Å². The highest BCUT2D eigenvalue weighted by molar-refractivity contribution is 5.72. The molecule has 6 heteroatoms. The first-order chi connectivity index (χ1) is 16.7. The van der Waals surface area contributed by atoms with Crippen LogP contribution in [0.5, 0.6) is 11.5 Å². The number of rotatable bonds is 10. The zero-order valence-corrected chi connectivity index (χ0v) is 20.3. The van der Waals surface area contributed by atoms with Crippen LogP contribution in [-0.4, -0.2) is 5.97 Å². The Hall–Kier alpha value is -3.28. The molecule has 0 fully saturated rings. The Bertz CT molecular complexity index is 1120. The molecule has 0 radical (unpaired) electrons. The summed E-state index contributed by atoms with van der Waals surface area (Å²) in [7, 11) is 0. The molecule has 0 saturated heterocycles. The molecule has 1 atom stereocenters. The molecule has 0 bridgehead atoms. The molecular formula is C29H31F3O3. The molecule has 0 aliphatic heterocycles. The molecule has 3 aromatic carbocycles.